The van der Waals surface area contributed by atoms with Crippen molar-refractivity contribution >= 4 is 44.5 Å². The molecule has 11 heteroatoms. The van der Waals surface area contributed by atoms with Crippen LogP contribution in [0.3, 0.4) is 0 Å². The first kappa shape index (κ1) is 22.2. The molecule has 160 valence electrons. The lowest BCUT2D eigenvalue weighted by Gasteiger charge is -2.09. The van der Waals surface area contributed by atoms with Crippen LogP contribution in [0.15, 0.2) is 64.0 Å². The Morgan fingerprint density at radius 1 is 1.23 bits per heavy atom. The second-order valence-electron chi connectivity index (χ2n) is 6.29. The van der Waals surface area contributed by atoms with Gasteiger partial charge in [-0.15, -0.1) is 0 Å². The van der Waals surface area contributed by atoms with Gasteiger partial charge in [0.1, 0.15) is 11.4 Å². The van der Waals surface area contributed by atoms with Gasteiger partial charge in [0, 0.05) is 11.8 Å². The smallest absolute Gasteiger partial charge is 0.356 e. The number of esters is 1. The summed E-state index contributed by atoms with van der Waals surface area (Å²) >= 11 is 6.18. The molecular weight excluding hydrogens is 444 g/mol. The molecule has 0 bridgehead atoms. The van der Waals surface area contributed by atoms with Gasteiger partial charge in [0.15, 0.2) is 9.84 Å². The number of rotatable bonds is 7. The Hall–Kier alpha value is -3.50. The third kappa shape index (κ3) is 5.36. The number of para-hydroxylation sites is 1. The van der Waals surface area contributed by atoms with Crippen LogP contribution in [0.5, 0.6) is 0 Å². The van der Waals surface area contributed by atoms with Gasteiger partial charge in [0.2, 0.25) is 5.82 Å². The molecule has 0 spiro atoms. The fourth-order valence-corrected chi connectivity index (χ4v) is 3.34. The number of methoxy groups -OCH3 is 1. The van der Waals surface area contributed by atoms with E-state index in [9.17, 15) is 13.2 Å². The van der Waals surface area contributed by atoms with Gasteiger partial charge in [-0.05, 0) is 30.3 Å². The molecule has 0 aliphatic carbocycles. The first-order valence-corrected chi connectivity index (χ1v) is 11.0. The molecule has 2 aromatic carbocycles. The van der Waals surface area contributed by atoms with Crippen LogP contribution in [0.25, 0.3) is 17.1 Å². The number of nitrogens with one attached hydrogen (secondary N) is 2. The Labute approximate surface area is 183 Å². The summed E-state index contributed by atoms with van der Waals surface area (Å²) in [5.74, 6) is -0.788. The van der Waals surface area contributed by atoms with E-state index in [1.165, 1.54) is 18.2 Å². The van der Waals surface area contributed by atoms with Crippen molar-refractivity contribution in [2.45, 2.75) is 4.90 Å². The summed E-state index contributed by atoms with van der Waals surface area (Å²) in [7, 11) is -2.26. The number of carbonyl (C=O) groups excluding carboxylic acids is 1. The van der Waals surface area contributed by atoms with Gasteiger partial charge >= 0.3 is 5.97 Å². The lowest BCUT2D eigenvalue weighted by molar-refractivity contribution is -0.132. The Balaban J connectivity index is 2.02. The van der Waals surface area contributed by atoms with Crippen LogP contribution in [-0.2, 0) is 19.4 Å². The molecule has 0 radical (unpaired) electrons. The van der Waals surface area contributed by atoms with E-state index in [0.29, 0.717) is 16.3 Å². The van der Waals surface area contributed by atoms with Crippen molar-refractivity contribution in [1.29, 1.82) is 5.41 Å². The summed E-state index contributed by atoms with van der Waals surface area (Å²) in [5.41, 5.74) is 0.558. The molecule has 0 saturated carbocycles. The van der Waals surface area contributed by atoms with Gasteiger partial charge < -0.3 is 14.6 Å². The van der Waals surface area contributed by atoms with Crippen molar-refractivity contribution in [3.63, 3.8) is 0 Å². The largest absolute Gasteiger partial charge is 0.464 e. The van der Waals surface area contributed by atoms with Crippen LogP contribution in [0.2, 0.25) is 5.02 Å². The predicted octanol–water partition coefficient (Wildman–Crippen LogP) is 3.44. The molecule has 0 saturated heterocycles. The molecule has 0 amide bonds. The molecule has 3 rings (SSSR count). The molecule has 0 aliphatic heterocycles. The van der Waals surface area contributed by atoms with Crippen LogP contribution < -0.4 is 5.32 Å². The molecule has 0 unspecified atom stereocenters. The topological polar surface area (TPSA) is 135 Å². The summed E-state index contributed by atoms with van der Waals surface area (Å²) in [6.07, 6.45) is 2.26. The molecule has 2 N–H and O–H groups in total. The molecule has 0 fully saturated rings. The number of carbonyl (C=O) groups is 1. The number of anilines is 1. The van der Waals surface area contributed by atoms with Gasteiger partial charge in [-0.3, -0.25) is 5.41 Å². The van der Waals surface area contributed by atoms with Crippen molar-refractivity contribution in [2.75, 3.05) is 18.7 Å². The Morgan fingerprint density at radius 2 is 1.97 bits per heavy atom. The van der Waals surface area contributed by atoms with E-state index in [1.807, 2.05) is 0 Å². The minimum atomic E-state index is -3.42. The normalized spacial score (nSPS) is 11.8. The van der Waals surface area contributed by atoms with Gasteiger partial charge in [0.05, 0.1) is 22.7 Å². The van der Waals surface area contributed by atoms with Crippen LogP contribution in [0, 0.1) is 5.41 Å². The van der Waals surface area contributed by atoms with Gasteiger partial charge in [-0.25, -0.2) is 13.2 Å². The first-order valence-electron chi connectivity index (χ1n) is 8.73. The highest BCUT2D eigenvalue weighted by atomic mass is 35.5. The van der Waals surface area contributed by atoms with Crippen LogP contribution >= 0.6 is 11.6 Å². The summed E-state index contributed by atoms with van der Waals surface area (Å²) in [6, 6.07) is 12.9. The Morgan fingerprint density at radius 3 is 2.65 bits per heavy atom. The van der Waals surface area contributed by atoms with Gasteiger partial charge in [-0.1, -0.05) is 41.0 Å². The maximum absolute atomic E-state index is 11.8. The molecule has 0 aliphatic rings. The van der Waals surface area contributed by atoms with Gasteiger partial charge in [-0.2, -0.15) is 4.98 Å². The minimum Gasteiger partial charge on any atom is -0.464 e. The number of nitrogens with zero attached hydrogens (tertiary/aromatic N) is 2. The highest BCUT2D eigenvalue weighted by Crippen LogP contribution is 2.27. The third-order valence-corrected chi connectivity index (χ3v) is 5.45. The second kappa shape index (κ2) is 9.11. The second-order valence-corrected chi connectivity index (χ2v) is 8.71. The average Bonchev–Trinajstić information content (AvgIpc) is 3.24. The van der Waals surface area contributed by atoms with Crippen LogP contribution in [0.4, 0.5) is 5.69 Å². The standard InChI is InChI=1S/C20H17ClN4O5S/c1-29-20(26)15(22)11-17(23-16-9-4-3-8-14(16)21)19-24-18(25-30-19)12-6-5-7-13(10-12)31(2,27)28/h3-11,22-23H,1-2H3/b17-11-,22-15?. The highest BCUT2D eigenvalue weighted by molar-refractivity contribution is 7.90. The van der Waals surface area contributed by atoms with E-state index >= 15 is 0 Å². The van der Waals surface area contributed by atoms with Crippen molar-refractivity contribution in [3.8, 4) is 11.4 Å². The van der Waals surface area contributed by atoms with E-state index in [1.54, 1.807) is 36.4 Å². The molecule has 31 heavy (non-hydrogen) atoms. The van der Waals surface area contributed by atoms with Crippen LogP contribution in [-0.4, -0.2) is 43.6 Å². The maximum Gasteiger partial charge on any atom is 0.356 e. The quantitative estimate of drug-likeness (QED) is 0.404. The van der Waals surface area contributed by atoms with Crippen molar-refractivity contribution < 1.29 is 22.5 Å². The molecule has 1 aromatic heterocycles. The molecule has 1 heterocycles. The summed E-state index contributed by atoms with van der Waals surface area (Å²) in [4.78, 5) is 16.1. The number of halogens is 1. The summed E-state index contributed by atoms with van der Waals surface area (Å²) in [6.45, 7) is 0. The fraction of sp³-hybridized carbons (Fsp3) is 0.100. The molecule has 0 atom stereocenters. The Bertz CT molecular complexity index is 1280. The van der Waals surface area contributed by atoms with Crippen molar-refractivity contribution in [2.24, 2.45) is 0 Å². The SMILES string of the molecule is COC(=O)C(=N)/C=C(\Nc1ccccc1Cl)c1nc(-c2cccc(S(C)(=O)=O)c2)no1. The first-order chi connectivity index (χ1) is 14.7. The number of hydrogen-bond donors (Lipinski definition) is 2. The maximum atomic E-state index is 11.8. The number of aromatic nitrogens is 2. The fourth-order valence-electron chi connectivity index (χ4n) is 2.49. The minimum absolute atomic E-state index is 0.0478. The molecule has 9 nitrogen and oxygen atoms in total. The number of sulfone groups is 1. The van der Waals surface area contributed by atoms with Crippen LogP contribution in [0.1, 0.15) is 5.89 Å². The lowest BCUT2D eigenvalue weighted by atomic mass is 10.2. The summed E-state index contributed by atoms with van der Waals surface area (Å²) in [5, 5.41) is 15.1. The van der Waals surface area contributed by atoms with Crippen molar-refractivity contribution in [1.82, 2.24) is 10.1 Å². The van der Waals surface area contributed by atoms with E-state index in [4.69, 9.17) is 21.5 Å². The zero-order valence-corrected chi connectivity index (χ0v) is 18.0. The zero-order chi connectivity index (χ0) is 22.6. The monoisotopic (exact) mass is 460 g/mol. The average molecular weight is 461 g/mol. The van der Waals surface area contributed by atoms with Gasteiger partial charge in [0.25, 0.3) is 5.89 Å². The number of ether oxygens (including phenoxy) is 1. The third-order valence-electron chi connectivity index (χ3n) is 4.01. The van der Waals surface area contributed by atoms with E-state index in [0.717, 1.165) is 13.4 Å². The zero-order valence-electron chi connectivity index (χ0n) is 16.4. The molecular formula is C20H17ClN4O5S. The predicted molar refractivity (Wildman–Crippen MR) is 116 cm³/mol. The summed E-state index contributed by atoms with van der Waals surface area (Å²) < 4.78 is 33.5. The van der Waals surface area contributed by atoms with Crippen molar-refractivity contribution in [3.05, 3.63) is 65.5 Å². The van der Waals surface area contributed by atoms with E-state index in [2.05, 4.69) is 20.2 Å². The molecule has 3 aromatic rings. The number of hydrogen-bond acceptors (Lipinski definition) is 9. The Kier molecular flexibility index (Phi) is 6.52. The lowest BCUT2D eigenvalue weighted by Crippen LogP contribution is -2.14. The highest BCUT2D eigenvalue weighted by Gasteiger charge is 2.18. The number of benzene rings is 2. The van der Waals surface area contributed by atoms with E-state index in [-0.39, 0.29) is 22.3 Å². The van der Waals surface area contributed by atoms with E-state index < -0.39 is 21.5 Å².